The van der Waals surface area contributed by atoms with Gasteiger partial charge in [0.25, 0.3) is 0 Å². The van der Waals surface area contributed by atoms with Gasteiger partial charge in [0.1, 0.15) is 46.5 Å². The minimum absolute atomic E-state index is 0.0113. The minimum atomic E-state index is -0.945. The Labute approximate surface area is 202 Å². The van der Waals surface area contributed by atoms with Gasteiger partial charge in [-0.15, -0.1) is 0 Å². The molecule has 186 valence electrons. The quantitative estimate of drug-likeness (QED) is 0.361. The molecule has 0 aliphatic carbocycles. The molecule has 9 heteroatoms. The van der Waals surface area contributed by atoms with Crippen LogP contribution in [0.4, 0.5) is 0 Å². The number of dihydropyridines is 1. The minimum Gasteiger partial charge on any atom is -0.507 e. The lowest BCUT2D eigenvalue weighted by Crippen LogP contribution is -2.51. The van der Waals surface area contributed by atoms with Gasteiger partial charge in [0.15, 0.2) is 5.43 Å². The van der Waals surface area contributed by atoms with Gasteiger partial charge in [-0.2, -0.15) is 0 Å². The summed E-state index contributed by atoms with van der Waals surface area (Å²) in [5, 5.41) is 23.4. The number of hydrogen-bond donors (Lipinski definition) is 4. The first-order valence-electron chi connectivity index (χ1n) is 11.5. The summed E-state index contributed by atoms with van der Waals surface area (Å²) >= 11 is 0. The molecule has 0 radical (unpaired) electrons. The van der Waals surface area contributed by atoms with Crippen LogP contribution in [0.15, 0.2) is 56.9 Å². The highest BCUT2D eigenvalue weighted by Gasteiger charge is 2.45. The van der Waals surface area contributed by atoms with Gasteiger partial charge in [0.05, 0.1) is 6.17 Å². The maximum Gasteiger partial charge on any atom is 0.333 e. The fraction of sp³-hybridized carbons (Fsp3) is 0.385. The first-order valence-corrected chi connectivity index (χ1v) is 11.5. The van der Waals surface area contributed by atoms with Crippen molar-refractivity contribution in [3.05, 3.63) is 69.3 Å². The number of esters is 1. The van der Waals surface area contributed by atoms with Crippen molar-refractivity contribution < 1.29 is 28.9 Å². The molecule has 5 N–H and O–H groups in total. The molecule has 1 aromatic carbocycles. The van der Waals surface area contributed by atoms with E-state index >= 15 is 0 Å². The monoisotopic (exact) mass is 482 g/mol. The van der Waals surface area contributed by atoms with Crippen LogP contribution in [-0.4, -0.2) is 34.1 Å². The van der Waals surface area contributed by atoms with Crippen LogP contribution in [-0.2, 0) is 22.6 Å². The molecule has 0 bridgehead atoms. The molecule has 0 spiro atoms. The molecular weight excluding hydrogens is 452 g/mol. The number of allylic oxidation sites excluding steroid dienone is 3. The van der Waals surface area contributed by atoms with E-state index in [4.69, 9.17) is 19.6 Å². The molecule has 3 unspecified atom stereocenters. The molecular formula is C26H30N2O7. The molecule has 0 saturated heterocycles. The van der Waals surface area contributed by atoms with Crippen molar-refractivity contribution in [2.24, 2.45) is 5.73 Å². The van der Waals surface area contributed by atoms with Gasteiger partial charge < -0.3 is 35.2 Å². The molecule has 2 aliphatic heterocycles. The number of aliphatic hydroxyl groups is 1. The zero-order valence-corrected chi connectivity index (χ0v) is 20.0. The average Bonchev–Trinajstić information content (AvgIpc) is 2.83. The van der Waals surface area contributed by atoms with Gasteiger partial charge in [-0.1, -0.05) is 12.2 Å². The Kier molecular flexibility index (Phi) is 6.73. The van der Waals surface area contributed by atoms with E-state index in [1.807, 2.05) is 25.3 Å². The number of aromatic hydroxyl groups is 1. The topological polar surface area (TPSA) is 144 Å². The Balaban J connectivity index is 1.74. The number of aliphatic hydroxyl groups excluding tert-OH is 1. The predicted octanol–water partition coefficient (Wildman–Crippen LogP) is 2.67. The van der Waals surface area contributed by atoms with Gasteiger partial charge in [-0.25, -0.2) is 4.79 Å². The summed E-state index contributed by atoms with van der Waals surface area (Å²) in [5.41, 5.74) is 6.33. The average molecular weight is 483 g/mol. The van der Waals surface area contributed by atoms with Crippen LogP contribution in [0.2, 0.25) is 0 Å². The second-order valence-corrected chi connectivity index (χ2v) is 9.07. The van der Waals surface area contributed by atoms with Crippen LogP contribution in [0.3, 0.4) is 0 Å². The number of benzene rings is 1. The Morgan fingerprint density at radius 2 is 2.17 bits per heavy atom. The maximum absolute atomic E-state index is 12.7. The summed E-state index contributed by atoms with van der Waals surface area (Å²) in [6, 6.07) is 2.68. The zero-order chi connectivity index (χ0) is 25.3. The fourth-order valence-corrected chi connectivity index (χ4v) is 4.26. The predicted molar refractivity (Wildman–Crippen MR) is 130 cm³/mol. The second kappa shape index (κ2) is 9.59. The number of hydrogen-bond acceptors (Lipinski definition) is 9. The largest absolute Gasteiger partial charge is 0.507 e. The molecule has 9 nitrogen and oxygen atoms in total. The lowest BCUT2D eigenvalue weighted by Gasteiger charge is -2.42. The molecule has 1 aromatic heterocycles. The van der Waals surface area contributed by atoms with Crippen LogP contribution in [0.25, 0.3) is 11.0 Å². The Morgan fingerprint density at radius 3 is 2.83 bits per heavy atom. The third-order valence-corrected chi connectivity index (χ3v) is 6.57. The van der Waals surface area contributed by atoms with E-state index in [9.17, 15) is 19.8 Å². The first-order chi connectivity index (χ1) is 16.6. The van der Waals surface area contributed by atoms with Crippen molar-refractivity contribution >= 4 is 16.9 Å². The van der Waals surface area contributed by atoms with E-state index in [2.05, 4.69) is 5.32 Å². The van der Waals surface area contributed by atoms with Crippen molar-refractivity contribution in [1.29, 1.82) is 0 Å². The SMILES string of the molecule is CC=C(C)C(=O)OC1Cc2c(cc3oc(CO)cc(=O)c3c2O)OC1(C)CCC1=CNC(N)C=C1. The van der Waals surface area contributed by atoms with Gasteiger partial charge in [-0.05, 0) is 45.3 Å². The van der Waals surface area contributed by atoms with Gasteiger partial charge in [0, 0.05) is 35.9 Å². The number of carbonyl (C=O) groups is 1. The highest BCUT2D eigenvalue weighted by Crippen LogP contribution is 2.44. The van der Waals surface area contributed by atoms with E-state index < -0.39 is 29.7 Å². The number of carbonyl (C=O) groups excluding carboxylic acids is 1. The van der Waals surface area contributed by atoms with Crippen molar-refractivity contribution in [2.45, 2.75) is 64.5 Å². The number of ether oxygens (including phenoxy) is 2. The van der Waals surface area contributed by atoms with Gasteiger partial charge in [0.2, 0.25) is 0 Å². The van der Waals surface area contributed by atoms with E-state index in [1.165, 1.54) is 0 Å². The number of nitrogens with two attached hydrogens (primary N) is 1. The number of fused-ring (bicyclic) bond motifs is 2. The standard InChI is InChI=1S/C26H30N2O7/c1-4-14(2)25(32)34-21-10-17-19(11-20-23(24(17)31)18(30)9-16(13-29)33-20)35-26(21,3)8-7-15-5-6-22(27)28-12-15/h4-6,9,11-12,21-22,28-29,31H,7-8,10,13,27H2,1-3H3. The maximum atomic E-state index is 12.7. The summed E-state index contributed by atoms with van der Waals surface area (Å²) in [6.07, 6.45) is 7.60. The van der Waals surface area contributed by atoms with E-state index in [0.29, 0.717) is 29.7 Å². The van der Waals surface area contributed by atoms with Crippen molar-refractivity contribution in [3.8, 4) is 11.5 Å². The van der Waals surface area contributed by atoms with Crippen LogP contribution >= 0.6 is 0 Å². The normalized spacial score (nSPS) is 23.8. The number of phenolic OH excluding ortho intramolecular Hbond substituents is 1. The second-order valence-electron chi connectivity index (χ2n) is 9.07. The number of rotatable bonds is 6. The molecule has 3 heterocycles. The summed E-state index contributed by atoms with van der Waals surface area (Å²) < 4.78 is 17.8. The Hall–Kier alpha value is -3.56. The Morgan fingerprint density at radius 1 is 1.40 bits per heavy atom. The summed E-state index contributed by atoms with van der Waals surface area (Å²) in [4.78, 5) is 25.3. The summed E-state index contributed by atoms with van der Waals surface area (Å²) in [6.45, 7) is 4.82. The molecule has 35 heavy (non-hydrogen) atoms. The molecule has 0 saturated carbocycles. The zero-order valence-electron chi connectivity index (χ0n) is 20.0. The molecule has 0 amide bonds. The van der Waals surface area contributed by atoms with E-state index in [0.717, 1.165) is 11.6 Å². The van der Waals surface area contributed by atoms with Gasteiger partial charge in [-0.3, -0.25) is 4.79 Å². The van der Waals surface area contributed by atoms with Crippen molar-refractivity contribution in [1.82, 2.24) is 5.32 Å². The smallest absolute Gasteiger partial charge is 0.333 e. The third-order valence-electron chi connectivity index (χ3n) is 6.57. The number of phenols is 1. The highest BCUT2D eigenvalue weighted by molar-refractivity contribution is 5.88. The van der Waals surface area contributed by atoms with Crippen LogP contribution in [0, 0.1) is 0 Å². The van der Waals surface area contributed by atoms with E-state index in [-0.39, 0.29) is 35.1 Å². The molecule has 4 rings (SSSR count). The van der Waals surface area contributed by atoms with Crippen molar-refractivity contribution in [3.63, 3.8) is 0 Å². The van der Waals surface area contributed by atoms with Crippen molar-refractivity contribution in [2.75, 3.05) is 0 Å². The first kappa shape index (κ1) is 24.6. The van der Waals surface area contributed by atoms with Crippen LogP contribution < -0.4 is 21.2 Å². The lowest BCUT2D eigenvalue weighted by atomic mass is 9.83. The summed E-state index contributed by atoms with van der Waals surface area (Å²) in [5.74, 6) is -0.347. The molecule has 3 atom stereocenters. The van der Waals surface area contributed by atoms with Crippen LogP contribution in [0.5, 0.6) is 11.5 Å². The fourth-order valence-electron chi connectivity index (χ4n) is 4.26. The van der Waals surface area contributed by atoms with E-state index in [1.54, 1.807) is 26.0 Å². The molecule has 2 aliphatic rings. The molecule has 2 aromatic rings. The Bertz CT molecular complexity index is 1310. The summed E-state index contributed by atoms with van der Waals surface area (Å²) in [7, 11) is 0. The third kappa shape index (κ3) is 4.82. The lowest BCUT2D eigenvalue weighted by molar-refractivity contribution is -0.158. The highest BCUT2D eigenvalue weighted by atomic mass is 16.6. The van der Waals surface area contributed by atoms with Gasteiger partial charge >= 0.3 is 5.97 Å². The number of nitrogens with one attached hydrogen (secondary N) is 1. The molecule has 0 fully saturated rings. The van der Waals surface area contributed by atoms with Crippen LogP contribution in [0.1, 0.15) is 44.9 Å².